The third-order valence-electron chi connectivity index (χ3n) is 4.28. The molecule has 2 aliphatic rings. The Hall–Kier alpha value is -2.04. The number of amides is 1. The average Bonchev–Trinajstić information content (AvgIpc) is 3.10. The van der Waals surface area contributed by atoms with Gasteiger partial charge in [-0.1, -0.05) is 12.2 Å². The van der Waals surface area contributed by atoms with Gasteiger partial charge in [0, 0.05) is 0 Å². The van der Waals surface area contributed by atoms with Gasteiger partial charge in [-0.05, 0) is 37.3 Å². The number of hydrogen-bond acceptors (Lipinski definition) is 3. The first-order chi connectivity index (χ1) is 9.56. The number of carboxylic acid groups (broad SMARTS) is 1. The Kier molecular flexibility index (Phi) is 3.12. The molecule has 106 valence electrons. The van der Waals surface area contributed by atoms with Crippen molar-refractivity contribution in [2.75, 3.05) is 0 Å². The molecule has 1 aromatic heterocycles. The quantitative estimate of drug-likeness (QED) is 0.820. The fraction of sp³-hybridized carbons (Fsp3) is 0.467. The number of carbonyl (C=O) groups excluding carboxylic acids is 1. The number of carbonyl (C=O) groups is 2. The lowest BCUT2D eigenvalue weighted by atomic mass is 9.82. The Morgan fingerprint density at radius 2 is 2.00 bits per heavy atom. The van der Waals surface area contributed by atoms with E-state index in [-0.39, 0.29) is 17.7 Å². The van der Waals surface area contributed by atoms with Crippen molar-refractivity contribution in [1.82, 2.24) is 5.32 Å². The van der Waals surface area contributed by atoms with Gasteiger partial charge < -0.3 is 14.8 Å². The van der Waals surface area contributed by atoms with E-state index in [9.17, 15) is 14.7 Å². The smallest absolute Gasteiger partial charge is 0.307 e. The fourth-order valence-electron chi connectivity index (χ4n) is 3.39. The number of furan rings is 1. The lowest BCUT2D eigenvalue weighted by Gasteiger charge is -2.23. The van der Waals surface area contributed by atoms with Crippen LogP contribution in [0.15, 0.2) is 28.7 Å². The Bertz CT molecular complexity index is 574. The third-order valence-corrected chi connectivity index (χ3v) is 4.28. The summed E-state index contributed by atoms with van der Waals surface area (Å²) in [5, 5.41) is 12.1. The van der Waals surface area contributed by atoms with Crippen LogP contribution in [0.25, 0.3) is 0 Å². The van der Waals surface area contributed by atoms with Gasteiger partial charge in [0.25, 0.3) is 0 Å². The van der Waals surface area contributed by atoms with Crippen LogP contribution in [0.2, 0.25) is 0 Å². The molecule has 2 aliphatic carbocycles. The first-order valence-corrected chi connectivity index (χ1v) is 6.80. The zero-order chi connectivity index (χ0) is 14.3. The number of fused-ring (bicyclic) bond motifs is 2. The third kappa shape index (κ3) is 2.13. The summed E-state index contributed by atoms with van der Waals surface area (Å²) in [6.45, 7) is 2.14. The summed E-state index contributed by atoms with van der Waals surface area (Å²) in [5.41, 5.74) is 0. The molecule has 0 aliphatic heterocycles. The monoisotopic (exact) mass is 275 g/mol. The molecule has 1 saturated carbocycles. The summed E-state index contributed by atoms with van der Waals surface area (Å²) in [6, 6.07) is 3.65. The molecule has 5 nitrogen and oxygen atoms in total. The molecular weight excluding hydrogens is 258 g/mol. The zero-order valence-electron chi connectivity index (χ0n) is 11.2. The maximum atomic E-state index is 12.3. The van der Waals surface area contributed by atoms with Crippen molar-refractivity contribution in [3.8, 4) is 0 Å². The Balaban J connectivity index is 1.67. The topological polar surface area (TPSA) is 79.5 Å². The van der Waals surface area contributed by atoms with Gasteiger partial charge in [0.05, 0.1) is 18.4 Å². The van der Waals surface area contributed by atoms with Gasteiger partial charge in [-0.25, -0.2) is 0 Å². The summed E-state index contributed by atoms with van der Waals surface area (Å²) in [6.07, 6.45) is 4.68. The number of aryl methyl sites for hydroxylation is 1. The van der Waals surface area contributed by atoms with E-state index in [4.69, 9.17) is 4.42 Å². The molecule has 1 aromatic rings. The molecule has 0 radical (unpaired) electrons. The molecule has 1 amide bonds. The minimum Gasteiger partial charge on any atom is -0.481 e. The van der Waals surface area contributed by atoms with E-state index in [1.165, 1.54) is 0 Å². The van der Waals surface area contributed by atoms with Crippen molar-refractivity contribution in [2.24, 2.45) is 23.7 Å². The second kappa shape index (κ2) is 4.81. The summed E-state index contributed by atoms with van der Waals surface area (Å²) in [4.78, 5) is 23.6. The van der Waals surface area contributed by atoms with Crippen molar-refractivity contribution in [1.29, 1.82) is 0 Å². The lowest BCUT2D eigenvalue weighted by Crippen LogP contribution is -2.39. The first-order valence-electron chi connectivity index (χ1n) is 6.80. The Morgan fingerprint density at radius 1 is 1.30 bits per heavy atom. The predicted octanol–water partition coefficient (Wildman–Crippen LogP) is 1.73. The number of nitrogens with one attached hydrogen (secondary N) is 1. The highest BCUT2D eigenvalue weighted by Crippen LogP contribution is 2.48. The molecule has 20 heavy (non-hydrogen) atoms. The molecule has 2 bridgehead atoms. The molecule has 4 atom stereocenters. The number of carboxylic acids is 1. The zero-order valence-corrected chi connectivity index (χ0v) is 11.2. The molecule has 0 spiro atoms. The standard InChI is InChI=1S/C15H17NO4/c1-8-2-5-11(20-8)7-16-14(17)12-9-3-4-10(6-9)13(12)15(18)19/h2-5,9-10,12-13H,6-7H2,1H3,(H,16,17)(H,18,19)/t9?,10?,12-,13+/m0/s1. The highest BCUT2D eigenvalue weighted by molar-refractivity contribution is 5.86. The van der Waals surface area contributed by atoms with Gasteiger partial charge in [0.15, 0.2) is 0 Å². The van der Waals surface area contributed by atoms with E-state index < -0.39 is 17.8 Å². The summed E-state index contributed by atoms with van der Waals surface area (Å²) in [5.74, 6) is -0.596. The number of allylic oxidation sites excluding steroid dienone is 2. The largest absolute Gasteiger partial charge is 0.481 e. The maximum absolute atomic E-state index is 12.3. The van der Waals surface area contributed by atoms with E-state index in [1.807, 2.05) is 31.2 Å². The number of rotatable bonds is 4. The van der Waals surface area contributed by atoms with Crippen LogP contribution in [0, 0.1) is 30.6 Å². The molecule has 0 aromatic carbocycles. The summed E-state index contributed by atoms with van der Waals surface area (Å²) in [7, 11) is 0. The second-order valence-electron chi connectivity index (χ2n) is 5.57. The summed E-state index contributed by atoms with van der Waals surface area (Å²) < 4.78 is 5.39. The molecule has 3 rings (SSSR count). The Morgan fingerprint density at radius 3 is 2.60 bits per heavy atom. The number of aliphatic carboxylic acids is 1. The van der Waals surface area contributed by atoms with Crippen molar-refractivity contribution >= 4 is 11.9 Å². The van der Waals surface area contributed by atoms with E-state index in [0.717, 1.165) is 12.2 Å². The first kappa shape index (κ1) is 13.0. The van der Waals surface area contributed by atoms with Crippen LogP contribution in [0.3, 0.4) is 0 Å². The van der Waals surface area contributed by atoms with E-state index in [1.54, 1.807) is 0 Å². The van der Waals surface area contributed by atoms with Crippen LogP contribution in [-0.2, 0) is 16.1 Å². The van der Waals surface area contributed by atoms with Gasteiger partial charge in [-0.3, -0.25) is 9.59 Å². The van der Waals surface area contributed by atoms with E-state index in [2.05, 4.69) is 5.32 Å². The SMILES string of the molecule is Cc1ccc(CNC(=O)[C@H]2C3C=CC(C3)[C@H]2C(=O)O)o1. The summed E-state index contributed by atoms with van der Waals surface area (Å²) >= 11 is 0. The van der Waals surface area contributed by atoms with Crippen molar-refractivity contribution < 1.29 is 19.1 Å². The highest BCUT2D eigenvalue weighted by atomic mass is 16.4. The normalized spacial score (nSPS) is 30.6. The fourth-order valence-corrected chi connectivity index (χ4v) is 3.39. The van der Waals surface area contributed by atoms with Gasteiger partial charge >= 0.3 is 5.97 Å². The molecule has 0 saturated heterocycles. The lowest BCUT2D eigenvalue weighted by molar-refractivity contribution is -0.147. The Labute approximate surface area is 116 Å². The predicted molar refractivity (Wildman–Crippen MR) is 70.6 cm³/mol. The van der Waals surface area contributed by atoms with E-state index >= 15 is 0 Å². The second-order valence-corrected chi connectivity index (χ2v) is 5.57. The van der Waals surface area contributed by atoms with Gasteiger partial charge in [0.2, 0.25) is 5.91 Å². The van der Waals surface area contributed by atoms with E-state index in [0.29, 0.717) is 12.3 Å². The van der Waals surface area contributed by atoms with Crippen LogP contribution in [0.4, 0.5) is 0 Å². The van der Waals surface area contributed by atoms with Crippen LogP contribution >= 0.6 is 0 Å². The number of hydrogen-bond donors (Lipinski definition) is 2. The van der Waals surface area contributed by atoms with Gasteiger partial charge in [-0.2, -0.15) is 0 Å². The van der Waals surface area contributed by atoms with Crippen LogP contribution in [0.1, 0.15) is 17.9 Å². The minimum absolute atomic E-state index is 0.000827. The molecule has 1 heterocycles. The average molecular weight is 275 g/mol. The molecule has 2 N–H and O–H groups in total. The van der Waals surface area contributed by atoms with Crippen LogP contribution in [-0.4, -0.2) is 17.0 Å². The molecular formula is C15H17NO4. The molecule has 1 fully saturated rings. The van der Waals surface area contributed by atoms with Crippen molar-refractivity contribution in [2.45, 2.75) is 19.9 Å². The minimum atomic E-state index is -0.879. The highest BCUT2D eigenvalue weighted by Gasteiger charge is 2.51. The van der Waals surface area contributed by atoms with Crippen molar-refractivity contribution in [3.05, 3.63) is 35.8 Å². The van der Waals surface area contributed by atoms with Crippen LogP contribution in [0.5, 0.6) is 0 Å². The van der Waals surface area contributed by atoms with Gasteiger partial charge in [0.1, 0.15) is 11.5 Å². The van der Waals surface area contributed by atoms with Gasteiger partial charge in [-0.15, -0.1) is 0 Å². The maximum Gasteiger partial charge on any atom is 0.307 e. The molecule has 5 heteroatoms. The molecule has 2 unspecified atom stereocenters. The van der Waals surface area contributed by atoms with Crippen LogP contribution < -0.4 is 5.32 Å². The van der Waals surface area contributed by atoms with Crippen molar-refractivity contribution in [3.63, 3.8) is 0 Å².